The molecular weight excluding hydrogens is 204 g/mol. The van der Waals surface area contributed by atoms with Crippen LogP contribution in [0.4, 0.5) is 0 Å². The summed E-state index contributed by atoms with van der Waals surface area (Å²) in [7, 11) is 0. The molecular formula is C12H24N2O2. The van der Waals surface area contributed by atoms with Crippen molar-refractivity contribution in [3.05, 3.63) is 0 Å². The minimum absolute atomic E-state index is 0.0426. The monoisotopic (exact) mass is 228 g/mol. The minimum Gasteiger partial charge on any atom is -0.381 e. The van der Waals surface area contributed by atoms with Crippen molar-refractivity contribution >= 4 is 5.91 Å². The Bertz CT molecular complexity index is 209. The first kappa shape index (κ1) is 13.5. The average Bonchev–Trinajstić information content (AvgIpc) is 2.65. The summed E-state index contributed by atoms with van der Waals surface area (Å²) < 4.78 is 5.46. The highest BCUT2D eigenvalue weighted by molar-refractivity contribution is 5.83. The summed E-state index contributed by atoms with van der Waals surface area (Å²) in [4.78, 5) is 13.6. The maximum atomic E-state index is 11.7. The molecule has 0 aliphatic carbocycles. The Kier molecular flexibility index (Phi) is 6.42. The second kappa shape index (κ2) is 7.63. The molecule has 1 aliphatic rings. The van der Waals surface area contributed by atoms with Crippen molar-refractivity contribution in [2.45, 2.75) is 45.6 Å². The van der Waals surface area contributed by atoms with Gasteiger partial charge in [-0.2, -0.15) is 0 Å². The van der Waals surface area contributed by atoms with Crippen molar-refractivity contribution in [3.63, 3.8) is 0 Å². The van der Waals surface area contributed by atoms with Gasteiger partial charge >= 0.3 is 0 Å². The van der Waals surface area contributed by atoms with E-state index < -0.39 is 0 Å². The predicted octanol–water partition coefficient (Wildman–Crippen LogP) is 1.36. The highest BCUT2D eigenvalue weighted by Gasteiger charge is 2.28. The number of amides is 1. The van der Waals surface area contributed by atoms with E-state index in [-0.39, 0.29) is 11.9 Å². The van der Waals surface area contributed by atoms with Gasteiger partial charge in [-0.25, -0.2) is 0 Å². The first-order valence-electron chi connectivity index (χ1n) is 6.39. The number of rotatable bonds is 8. The SMILES string of the molecule is CCCCOCCCN1CNC(CC)C1=O. The molecule has 1 aliphatic heterocycles. The van der Waals surface area contributed by atoms with Crippen molar-refractivity contribution in [3.8, 4) is 0 Å². The molecule has 94 valence electrons. The molecule has 4 nitrogen and oxygen atoms in total. The quantitative estimate of drug-likeness (QED) is 0.638. The maximum Gasteiger partial charge on any atom is 0.240 e. The van der Waals surface area contributed by atoms with E-state index in [1.165, 1.54) is 6.42 Å². The van der Waals surface area contributed by atoms with Crippen molar-refractivity contribution < 1.29 is 9.53 Å². The van der Waals surface area contributed by atoms with Gasteiger partial charge in [-0.15, -0.1) is 0 Å². The zero-order valence-electron chi connectivity index (χ0n) is 10.5. The highest BCUT2D eigenvalue weighted by Crippen LogP contribution is 2.06. The van der Waals surface area contributed by atoms with Crippen LogP contribution in [0.25, 0.3) is 0 Å². The number of nitrogens with zero attached hydrogens (tertiary/aromatic N) is 1. The normalized spacial score (nSPS) is 20.8. The third-order valence-electron chi connectivity index (χ3n) is 2.91. The zero-order valence-corrected chi connectivity index (χ0v) is 10.5. The summed E-state index contributed by atoms with van der Waals surface area (Å²) in [5, 5.41) is 3.20. The first-order chi connectivity index (χ1) is 7.79. The fraction of sp³-hybridized carbons (Fsp3) is 0.917. The van der Waals surface area contributed by atoms with Crippen LogP contribution in [0.5, 0.6) is 0 Å². The maximum absolute atomic E-state index is 11.7. The van der Waals surface area contributed by atoms with Gasteiger partial charge in [0.05, 0.1) is 12.7 Å². The topological polar surface area (TPSA) is 41.6 Å². The van der Waals surface area contributed by atoms with E-state index >= 15 is 0 Å². The minimum atomic E-state index is 0.0426. The molecule has 1 fully saturated rings. The lowest BCUT2D eigenvalue weighted by molar-refractivity contribution is -0.129. The predicted molar refractivity (Wildman–Crippen MR) is 64.1 cm³/mol. The Hall–Kier alpha value is -0.610. The second-order valence-electron chi connectivity index (χ2n) is 4.24. The zero-order chi connectivity index (χ0) is 11.8. The van der Waals surface area contributed by atoms with E-state index in [1.54, 1.807) is 0 Å². The first-order valence-corrected chi connectivity index (χ1v) is 6.39. The van der Waals surface area contributed by atoms with Crippen molar-refractivity contribution in [2.24, 2.45) is 0 Å². The van der Waals surface area contributed by atoms with Crippen LogP contribution in [0.3, 0.4) is 0 Å². The Morgan fingerprint density at radius 2 is 2.12 bits per heavy atom. The fourth-order valence-electron chi connectivity index (χ4n) is 1.82. The number of hydrogen-bond donors (Lipinski definition) is 1. The summed E-state index contributed by atoms with van der Waals surface area (Å²) in [6, 6.07) is 0.0426. The largest absolute Gasteiger partial charge is 0.381 e. The van der Waals surface area contributed by atoms with Crippen LogP contribution in [0.15, 0.2) is 0 Å². The molecule has 0 aromatic rings. The van der Waals surface area contributed by atoms with E-state index in [4.69, 9.17) is 4.74 Å². The van der Waals surface area contributed by atoms with Gasteiger partial charge in [0.2, 0.25) is 5.91 Å². The number of carbonyl (C=O) groups excluding carboxylic acids is 1. The van der Waals surface area contributed by atoms with Crippen molar-refractivity contribution in [1.82, 2.24) is 10.2 Å². The summed E-state index contributed by atoms with van der Waals surface area (Å²) in [5.41, 5.74) is 0. The molecule has 0 aromatic carbocycles. The van der Waals surface area contributed by atoms with Crippen LogP contribution in [0, 0.1) is 0 Å². The molecule has 0 bridgehead atoms. The van der Waals surface area contributed by atoms with Gasteiger partial charge < -0.3 is 9.64 Å². The third kappa shape index (κ3) is 4.10. The van der Waals surface area contributed by atoms with Crippen LogP contribution in [-0.4, -0.2) is 43.3 Å². The standard InChI is InChI=1S/C12H24N2O2/c1-3-5-8-16-9-6-7-14-10-13-11(4-2)12(14)15/h11,13H,3-10H2,1-2H3. The van der Waals surface area contributed by atoms with Crippen LogP contribution < -0.4 is 5.32 Å². The Morgan fingerprint density at radius 1 is 1.38 bits per heavy atom. The molecule has 0 aromatic heterocycles. The average molecular weight is 228 g/mol. The second-order valence-corrected chi connectivity index (χ2v) is 4.24. The van der Waals surface area contributed by atoms with E-state index in [9.17, 15) is 4.79 Å². The van der Waals surface area contributed by atoms with Gasteiger partial charge in [-0.3, -0.25) is 10.1 Å². The Morgan fingerprint density at radius 3 is 2.75 bits per heavy atom. The molecule has 1 unspecified atom stereocenters. The number of nitrogens with one attached hydrogen (secondary N) is 1. The van der Waals surface area contributed by atoms with Crippen molar-refractivity contribution in [2.75, 3.05) is 26.4 Å². The van der Waals surface area contributed by atoms with Gasteiger partial charge in [0.1, 0.15) is 0 Å². The van der Waals surface area contributed by atoms with E-state index in [0.29, 0.717) is 6.67 Å². The molecule has 0 spiro atoms. The highest BCUT2D eigenvalue weighted by atomic mass is 16.5. The van der Waals surface area contributed by atoms with Crippen LogP contribution >= 0.6 is 0 Å². The van der Waals surface area contributed by atoms with Crippen LogP contribution in [0.2, 0.25) is 0 Å². The van der Waals surface area contributed by atoms with Crippen LogP contribution in [-0.2, 0) is 9.53 Å². The lowest BCUT2D eigenvalue weighted by Crippen LogP contribution is -2.31. The summed E-state index contributed by atoms with van der Waals surface area (Å²) in [6.07, 6.45) is 4.12. The summed E-state index contributed by atoms with van der Waals surface area (Å²) in [6.45, 7) is 7.32. The number of hydrogen-bond acceptors (Lipinski definition) is 3. The molecule has 0 radical (unpaired) electrons. The van der Waals surface area contributed by atoms with Gasteiger partial charge in [0.25, 0.3) is 0 Å². The molecule has 1 heterocycles. The van der Waals surface area contributed by atoms with E-state index in [1.807, 2.05) is 11.8 Å². The van der Waals surface area contributed by atoms with Gasteiger partial charge in [0.15, 0.2) is 0 Å². The number of unbranched alkanes of at least 4 members (excludes halogenated alkanes) is 1. The molecule has 16 heavy (non-hydrogen) atoms. The number of ether oxygens (including phenoxy) is 1. The molecule has 4 heteroatoms. The Labute approximate surface area is 98.3 Å². The molecule has 1 atom stereocenters. The molecule has 0 saturated carbocycles. The fourth-order valence-corrected chi connectivity index (χ4v) is 1.82. The summed E-state index contributed by atoms with van der Waals surface area (Å²) >= 11 is 0. The smallest absolute Gasteiger partial charge is 0.240 e. The third-order valence-corrected chi connectivity index (χ3v) is 2.91. The molecule has 1 rings (SSSR count). The van der Waals surface area contributed by atoms with Crippen LogP contribution in [0.1, 0.15) is 39.5 Å². The van der Waals surface area contributed by atoms with Gasteiger partial charge in [-0.1, -0.05) is 20.3 Å². The van der Waals surface area contributed by atoms with E-state index in [0.717, 1.165) is 39.0 Å². The number of carbonyl (C=O) groups is 1. The summed E-state index contributed by atoms with van der Waals surface area (Å²) in [5.74, 6) is 0.246. The van der Waals surface area contributed by atoms with Crippen molar-refractivity contribution in [1.29, 1.82) is 0 Å². The van der Waals surface area contributed by atoms with Gasteiger partial charge in [0, 0.05) is 19.8 Å². The molecule has 1 N–H and O–H groups in total. The lowest BCUT2D eigenvalue weighted by atomic mass is 10.2. The molecule has 1 amide bonds. The lowest BCUT2D eigenvalue weighted by Gasteiger charge is -2.14. The van der Waals surface area contributed by atoms with Gasteiger partial charge in [-0.05, 0) is 19.3 Å². The Balaban J connectivity index is 2.03. The van der Waals surface area contributed by atoms with E-state index in [2.05, 4.69) is 12.2 Å². The molecule has 1 saturated heterocycles.